The van der Waals surface area contributed by atoms with Crippen LogP contribution in [0.5, 0.6) is 0 Å². The zero-order valence-electron chi connectivity index (χ0n) is 7.83. The lowest BCUT2D eigenvalue weighted by atomic mass is 10.1. The molecule has 1 aromatic heterocycles. The van der Waals surface area contributed by atoms with Gasteiger partial charge in [-0.2, -0.15) is 5.10 Å². The van der Waals surface area contributed by atoms with E-state index in [4.69, 9.17) is 5.11 Å². The predicted molar refractivity (Wildman–Crippen MR) is 59.8 cm³/mol. The van der Waals surface area contributed by atoms with Gasteiger partial charge in [-0.1, -0.05) is 18.2 Å². The van der Waals surface area contributed by atoms with Gasteiger partial charge in [0.2, 0.25) is 0 Å². The lowest BCUT2D eigenvalue weighted by Gasteiger charge is -1.99. The molecule has 0 aliphatic carbocycles. The number of aromatic nitrogens is 2. The Hall–Kier alpha value is -1.36. The Balaban J connectivity index is 2.38. The zero-order chi connectivity index (χ0) is 10.8. The summed E-state index contributed by atoms with van der Waals surface area (Å²) >= 11 is 3.35. The molecule has 2 aromatic rings. The summed E-state index contributed by atoms with van der Waals surface area (Å²) in [5, 5.41) is 16.6. The van der Waals surface area contributed by atoms with Crippen molar-refractivity contribution in [1.82, 2.24) is 10.2 Å². The van der Waals surface area contributed by atoms with Crippen molar-refractivity contribution in [2.24, 2.45) is 0 Å². The first-order valence-electron chi connectivity index (χ1n) is 4.52. The molecule has 0 spiro atoms. The smallest absolute Gasteiger partial charge is 0.303 e. The van der Waals surface area contributed by atoms with Crippen molar-refractivity contribution in [1.29, 1.82) is 0 Å². The molecule has 0 atom stereocenters. The zero-order valence-corrected chi connectivity index (χ0v) is 9.41. The summed E-state index contributed by atoms with van der Waals surface area (Å²) < 4.78 is 0.828. The highest BCUT2D eigenvalue weighted by Crippen LogP contribution is 2.24. The standard InChI is InChI=1S/C10H9BrN2O2/c11-10-7-3-1-2-6(4-5-8(14)15)9(7)12-13-10/h1-3H,4-5H2,(H,12,13)(H,14,15). The first-order valence-corrected chi connectivity index (χ1v) is 5.31. The Kier molecular flexibility index (Phi) is 2.73. The average molecular weight is 269 g/mol. The molecule has 4 nitrogen and oxygen atoms in total. The molecule has 0 aliphatic rings. The highest BCUT2D eigenvalue weighted by molar-refractivity contribution is 9.10. The fourth-order valence-electron chi connectivity index (χ4n) is 1.51. The Morgan fingerprint density at radius 1 is 1.53 bits per heavy atom. The molecule has 0 saturated heterocycles. The first kappa shape index (κ1) is 10.2. The van der Waals surface area contributed by atoms with E-state index in [1.54, 1.807) is 0 Å². The van der Waals surface area contributed by atoms with Crippen molar-refractivity contribution < 1.29 is 9.90 Å². The molecule has 0 saturated carbocycles. The first-order chi connectivity index (χ1) is 7.18. The normalized spacial score (nSPS) is 10.7. The van der Waals surface area contributed by atoms with E-state index in [0.29, 0.717) is 6.42 Å². The maximum atomic E-state index is 10.5. The van der Waals surface area contributed by atoms with Crippen LogP contribution < -0.4 is 0 Å². The van der Waals surface area contributed by atoms with Crippen LogP contribution in [0.25, 0.3) is 10.9 Å². The van der Waals surface area contributed by atoms with Crippen molar-refractivity contribution in [3.8, 4) is 0 Å². The van der Waals surface area contributed by atoms with E-state index in [9.17, 15) is 4.79 Å². The van der Waals surface area contributed by atoms with Crippen LogP contribution in [-0.4, -0.2) is 21.3 Å². The number of fused-ring (bicyclic) bond motifs is 1. The van der Waals surface area contributed by atoms with Crippen molar-refractivity contribution in [2.45, 2.75) is 12.8 Å². The number of carbonyl (C=O) groups is 1. The Bertz CT molecular complexity index is 507. The number of H-pyrrole nitrogens is 1. The molecule has 2 N–H and O–H groups in total. The Labute approximate surface area is 94.4 Å². The Morgan fingerprint density at radius 2 is 2.33 bits per heavy atom. The van der Waals surface area contributed by atoms with Crippen LogP contribution in [0.15, 0.2) is 22.8 Å². The van der Waals surface area contributed by atoms with E-state index < -0.39 is 5.97 Å². The van der Waals surface area contributed by atoms with E-state index in [1.165, 1.54) is 0 Å². The molecule has 0 bridgehead atoms. The van der Waals surface area contributed by atoms with Gasteiger partial charge < -0.3 is 5.11 Å². The number of aryl methyl sites for hydroxylation is 1. The van der Waals surface area contributed by atoms with E-state index in [0.717, 1.165) is 21.1 Å². The van der Waals surface area contributed by atoms with Gasteiger partial charge in [0, 0.05) is 11.8 Å². The molecule has 5 heteroatoms. The molecular weight excluding hydrogens is 260 g/mol. The maximum absolute atomic E-state index is 10.5. The monoisotopic (exact) mass is 268 g/mol. The number of benzene rings is 1. The number of nitrogens with one attached hydrogen (secondary N) is 1. The van der Waals surface area contributed by atoms with Crippen molar-refractivity contribution in [2.75, 3.05) is 0 Å². The summed E-state index contributed by atoms with van der Waals surface area (Å²) in [5.74, 6) is -0.790. The summed E-state index contributed by atoms with van der Waals surface area (Å²) in [6.07, 6.45) is 0.632. The Morgan fingerprint density at radius 3 is 3.07 bits per heavy atom. The predicted octanol–water partition coefficient (Wildman–Crippen LogP) is 2.34. The second-order valence-corrected chi connectivity index (χ2v) is 4.04. The fourth-order valence-corrected chi connectivity index (χ4v) is 1.92. The lowest BCUT2D eigenvalue weighted by Crippen LogP contribution is -1.97. The molecular formula is C10H9BrN2O2. The highest BCUT2D eigenvalue weighted by Gasteiger charge is 2.08. The van der Waals surface area contributed by atoms with Crippen LogP contribution in [0.2, 0.25) is 0 Å². The molecule has 0 amide bonds. The van der Waals surface area contributed by atoms with Gasteiger partial charge in [0.05, 0.1) is 5.52 Å². The van der Waals surface area contributed by atoms with E-state index in [-0.39, 0.29) is 6.42 Å². The number of hydrogen-bond donors (Lipinski definition) is 2. The molecule has 0 unspecified atom stereocenters. The third-order valence-corrected chi connectivity index (χ3v) is 2.83. The molecule has 2 rings (SSSR count). The lowest BCUT2D eigenvalue weighted by molar-refractivity contribution is -0.136. The van der Waals surface area contributed by atoms with Gasteiger partial charge in [-0.05, 0) is 27.9 Å². The van der Waals surface area contributed by atoms with Crippen LogP contribution in [0.3, 0.4) is 0 Å². The van der Waals surface area contributed by atoms with Gasteiger partial charge in [0.1, 0.15) is 4.60 Å². The summed E-state index contributed by atoms with van der Waals surface area (Å²) in [5.41, 5.74) is 1.79. The van der Waals surface area contributed by atoms with E-state index in [2.05, 4.69) is 26.1 Å². The average Bonchev–Trinajstić information content (AvgIpc) is 2.58. The van der Waals surface area contributed by atoms with Gasteiger partial charge >= 0.3 is 5.97 Å². The van der Waals surface area contributed by atoms with E-state index in [1.807, 2.05) is 18.2 Å². The molecule has 0 fully saturated rings. The summed E-state index contributed by atoms with van der Waals surface area (Å²) in [7, 11) is 0. The van der Waals surface area contributed by atoms with Crippen LogP contribution >= 0.6 is 15.9 Å². The maximum Gasteiger partial charge on any atom is 0.303 e. The molecule has 1 heterocycles. The quantitative estimate of drug-likeness (QED) is 0.898. The number of carboxylic acid groups (broad SMARTS) is 1. The largest absolute Gasteiger partial charge is 0.481 e. The van der Waals surface area contributed by atoms with Gasteiger partial charge in [0.15, 0.2) is 0 Å². The number of carboxylic acids is 1. The van der Waals surface area contributed by atoms with Gasteiger partial charge in [-0.15, -0.1) is 0 Å². The summed E-state index contributed by atoms with van der Waals surface area (Å²) in [6.45, 7) is 0. The van der Waals surface area contributed by atoms with Gasteiger partial charge in [-0.25, -0.2) is 0 Å². The van der Waals surface area contributed by atoms with E-state index >= 15 is 0 Å². The number of halogens is 1. The molecule has 1 aromatic carbocycles. The summed E-state index contributed by atoms with van der Waals surface area (Å²) in [4.78, 5) is 10.5. The number of rotatable bonds is 3. The topological polar surface area (TPSA) is 66.0 Å². The third-order valence-electron chi connectivity index (χ3n) is 2.23. The minimum absolute atomic E-state index is 0.129. The molecule has 0 aliphatic heterocycles. The molecule has 0 radical (unpaired) electrons. The molecule has 15 heavy (non-hydrogen) atoms. The minimum atomic E-state index is -0.790. The fraction of sp³-hybridized carbons (Fsp3) is 0.200. The SMILES string of the molecule is O=C(O)CCc1cccc2c(Br)[nH]nc12. The highest BCUT2D eigenvalue weighted by atomic mass is 79.9. The van der Waals surface area contributed by atoms with Crippen molar-refractivity contribution in [3.63, 3.8) is 0 Å². The summed E-state index contributed by atoms with van der Waals surface area (Å²) in [6, 6.07) is 5.74. The second kappa shape index (κ2) is 4.02. The number of hydrogen-bond acceptors (Lipinski definition) is 2. The van der Waals surface area contributed by atoms with Crippen LogP contribution in [-0.2, 0) is 11.2 Å². The number of nitrogens with zero attached hydrogens (tertiary/aromatic N) is 1. The number of para-hydroxylation sites is 1. The van der Waals surface area contributed by atoms with Crippen LogP contribution in [0, 0.1) is 0 Å². The number of aromatic amines is 1. The van der Waals surface area contributed by atoms with Crippen LogP contribution in [0.1, 0.15) is 12.0 Å². The third kappa shape index (κ3) is 2.02. The van der Waals surface area contributed by atoms with Crippen LogP contribution in [0.4, 0.5) is 0 Å². The van der Waals surface area contributed by atoms with Crippen molar-refractivity contribution in [3.05, 3.63) is 28.4 Å². The van der Waals surface area contributed by atoms with Crippen molar-refractivity contribution >= 4 is 32.8 Å². The minimum Gasteiger partial charge on any atom is -0.481 e. The second-order valence-electron chi connectivity index (χ2n) is 3.24. The van der Waals surface area contributed by atoms with Gasteiger partial charge in [-0.3, -0.25) is 9.89 Å². The van der Waals surface area contributed by atoms with Gasteiger partial charge in [0.25, 0.3) is 0 Å². The molecule has 78 valence electrons. The number of aliphatic carboxylic acids is 1.